The first-order chi connectivity index (χ1) is 9.87. The number of halogens is 1. The van der Waals surface area contributed by atoms with Crippen molar-refractivity contribution in [3.63, 3.8) is 0 Å². The number of carbonyl (C=O) groups is 1. The molecule has 2 aromatic rings. The van der Waals surface area contributed by atoms with Gasteiger partial charge in [0.15, 0.2) is 5.82 Å². The lowest BCUT2D eigenvalue weighted by Gasteiger charge is -2.25. The molecule has 1 atom stereocenters. The number of primary amides is 1. The van der Waals surface area contributed by atoms with Crippen molar-refractivity contribution in [3.05, 3.63) is 47.4 Å². The molecule has 1 aliphatic rings. The van der Waals surface area contributed by atoms with E-state index in [-0.39, 0.29) is 4.32 Å². The zero-order chi connectivity index (χ0) is 15.2. The first-order valence-electron chi connectivity index (χ1n) is 6.60. The van der Waals surface area contributed by atoms with Gasteiger partial charge in [0.2, 0.25) is 5.91 Å². The Bertz CT molecular complexity index is 761. The first kappa shape index (κ1) is 14.0. The second kappa shape index (κ2) is 4.80. The van der Waals surface area contributed by atoms with Gasteiger partial charge in [-0.1, -0.05) is 28.1 Å². The Morgan fingerprint density at radius 2 is 2.24 bits per heavy atom. The maximum atomic E-state index is 11.7. The molecule has 2 aromatic heterocycles. The minimum absolute atomic E-state index is 0.327. The highest BCUT2D eigenvalue weighted by Crippen LogP contribution is 2.37. The van der Waals surface area contributed by atoms with E-state index in [4.69, 9.17) is 5.73 Å². The molecule has 5 nitrogen and oxygen atoms in total. The van der Waals surface area contributed by atoms with Crippen LogP contribution in [0.3, 0.4) is 0 Å². The molecule has 2 heterocycles. The standard InChI is InChI=1S/C15H15BrN4O/c1-9-4-3-5-13(19-9)20-12-7-15(2,16)6-10(14(17)21)11(12)8-18-20/h3-6,8H,7H2,1-2H3,(H2,17,21). The number of fused-ring (bicyclic) bond motifs is 1. The number of aromatic nitrogens is 3. The number of aryl methyl sites for hydroxylation is 1. The predicted octanol–water partition coefficient (Wildman–Crippen LogP) is 2.15. The molecule has 0 bridgehead atoms. The van der Waals surface area contributed by atoms with Crippen molar-refractivity contribution in [2.75, 3.05) is 0 Å². The van der Waals surface area contributed by atoms with Gasteiger partial charge in [-0.2, -0.15) is 5.10 Å². The lowest BCUT2D eigenvalue weighted by atomic mass is 9.89. The van der Waals surface area contributed by atoms with Crippen LogP contribution in [0.4, 0.5) is 0 Å². The van der Waals surface area contributed by atoms with Crippen LogP contribution < -0.4 is 5.73 Å². The molecule has 0 radical (unpaired) electrons. The van der Waals surface area contributed by atoms with Crippen LogP contribution in [-0.4, -0.2) is 25.0 Å². The molecule has 6 heteroatoms. The third-order valence-corrected chi connectivity index (χ3v) is 3.98. The topological polar surface area (TPSA) is 73.8 Å². The smallest absolute Gasteiger partial charge is 0.249 e. The summed E-state index contributed by atoms with van der Waals surface area (Å²) >= 11 is 3.63. The van der Waals surface area contributed by atoms with Gasteiger partial charge < -0.3 is 5.73 Å². The molecule has 2 N–H and O–H groups in total. The molecule has 3 rings (SSSR count). The average molecular weight is 347 g/mol. The van der Waals surface area contributed by atoms with Crippen molar-refractivity contribution in [1.29, 1.82) is 0 Å². The zero-order valence-electron chi connectivity index (χ0n) is 11.8. The third kappa shape index (κ3) is 2.51. The molecule has 0 spiro atoms. The number of carbonyl (C=O) groups excluding carboxylic acids is 1. The van der Waals surface area contributed by atoms with Crippen molar-refractivity contribution in [2.45, 2.75) is 24.6 Å². The van der Waals surface area contributed by atoms with Crippen LogP contribution in [0.25, 0.3) is 11.4 Å². The van der Waals surface area contributed by atoms with Crippen molar-refractivity contribution in [2.24, 2.45) is 5.73 Å². The van der Waals surface area contributed by atoms with Crippen LogP contribution in [0.1, 0.15) is 23.9 Å². The normalized spacial score (nSPS) is 20.8. The summed E-state index contributed by atoms with van der Waals surface area (Å²) in [6.07, 6.45) is 4.24. The van der Waals surface area contributed by atoms with Gasteiger partial charge in [0.1, 0.15) is 0 Å². The van der Waals surface area contributed by atoms with E-state index in [1.54, 1.807) is 10.9 Å². The highest BCUT2D eigenvalue weighted by Gasteiger charge is 2.32. The Labute approximate surface area is 131 Å². The number of amides is 1. The molecular weight excluding hydrogens is 332 g/mol. The summed E-state index contributed by atoms with van der Waals surface area (Å²) in [5.74, 6) is 0.295. The average Bonchev–Trinajstić information content (AvgIpc) is 2.79. The summed E-state index contributed by atoms with van der Waals surface area (Å²) in [6.45, 7) is 3.93. The Hall–Kier alpha value is -1.95. The number of allylic oxidation sites excluding steroid dienone is 1. The van der Waals surface area contributed by atoms with E-state index in [2.05, 4.69) is 26.0 Å². The summed E-state index contributed by atoms with van der Waals surface area (Å²) in [4.78, 5) is 16.2. The first-order valence-corrected chi connectivity index (χ1v) is 7.39. The van der Waals surface area contributed by atoms with Gasteiger partial charge in [0.05, 0.1) is 11.9 Å². The molecule has 1 amide bonds. The number of alkyl halides is 1. The number of nitrogens with two attached hydrogens (primary N) is 1. The Morgan fingerprint density at radius 3 is 2.90 bits per heavy atom. The quantitative estimate of drug-likeness (QED) is 0.846. The largest absolute Gasteiger partial charge is 0.366 e. The van der Waals surface area contributed by atoms with Crippen molar-refractivity contribution in [3.8, 4) is 5.82 Å². The number of hydrogen-bond acceptors (Lipinski definition) is 3. The summed E-state index contributed by atoms with van der Waals surface area (Å²) in [6, 6.07) is 5.77. The van der Waals surface area contributed by atoms with E-state index < -0.39 is 5.91 Å². The van der Waals surface area contributed by atoms with E-state index in [9.17, 15) is 4.79 Å². The molecule has 0 fully saturated rings. The fourth-order valence-electron chi connectivity index (χ4n) is 2.57. The third-order valence-electron chi connectivity index (χ3n) is 3.47. The maximum absolute atomic E-state index is 11.7. The Morgan fingerprint density at radius 1 is 1.48 bits per heavy atom. The van der Waals surface area contributed by atoms with E-state index >= 15 is 0 Å². The number of pyridine rings is 1. The van der Waals surface area contributed by atoms with Gasteiger partial charge in [0.25, 0.3) is 0 Å². The highest BCUT2D eigenvalue weighted by atomic mass is 79.9. The molecule has 108 valence electrons. The van der Waals surface area contributed by atoms with Crippen LogP contribution in [0.5, 0.6) is 0 Å². The van der Waals surface area contributed by atoms with Crippen molar-refractivity contribution in [1.82, 2.24) is 14.8 Å². The summed E-state index contributed by atoms with van der Waals surface area (Å²) < 4.78 is 1.45. The van der Waals surface area contributed by atoms with E-state index in [1.165, 1.54) is 0 Å². The van der Waals surface area contributed by atoms with Gasteiger partial charge in [-0.05, 0) is 26.0 Å². The lowest BCUT2D eigenvalue weighted by Crippen LogP contribution is -2.27. The number of rotatable bonds is 2. The predicted molar refractivity (Wildman–Crippen MR) is 84.3 cm³/mol. The number of nitrogens with zero attached hydrogens (tertiary/aromatic N) is 3. The fraction of sp³-hybridized carbons (Fsp3) is 0.267. The minimum Gasteiger partial charge on any atom is -0.366 e. The molecule has 21 heavy (non-hydrogen) atoms. The maximum Gasteiger partial charge on any atom is 0.249 e. The molecule has 0 saturated carbocycles. The van der Waals surface area contributed by atoms with Crippen molar-refractivity contribution < 1.29 is 4.79 Å². The van der Waals surface area contributed by atoms with E-state index in [0.717, 1.165) is 22.8 Å². The second-order valence-electron chi connectivity index (χ2n) is 5.43. The highest BCUT2D eigenvalue weighted by molar-refractivity contribution is 9.10. The van der Waals surface area contributed by atoms with Crippen molar-refractivity contribution >= 4 is 27.4 Å². The minimum atomic E-state index is -0.446. The summed E-state index contributed by atoms with van der Waals surface area (Å²) in [5, 5.41) is 4.39. The van der Waals surface area contributed by atoms with Crippen LogP contribution in [0.15, 0.2) is 30.5 Å². The molecule has 0 aliphatic heterocycles. The second-order valence-corrected chi connectivity index (χ2v) is 7.24. The Kier molecular flexibility index (Phi) is 3.20. The lowest BCUT2D eigenvalue weighted by molar-refractivity contribution is -0.112. The molecular formula is C15H15BrN4O. The van der Waals surface area contributed by atoms with E-state index in [1.807, 2.05) is 38.1 Å². The van der Waals surface area contributed by atoms with Gasteiger partial charge in [0, 0.05) is 27.6 Å². The van der Waals surface area contributed by atoms with Crippen LogP contribution in [-0.2, 0) is 11.2 Å². The molecule has 1 unspecified atom stereocenters. The fourth-order valence-corrected chi connectivity index (χ4v) is 3.07. The van der Waals surface area contributed by atoms with Crippen LogP contribution >= 0.6 is 15.9 Å². The van der Waals surface area contributed by atoms with Gasteiger partial charge in [-0.3, -0.25) is 4.79 Å². The SMILES string of the molecule is Cc1cccc(-n2ncc3c2CC(C)(Br)C=C3C(N)=O)n1. The van der Waals surface area contributed by atoms with Gasteiger partial charge in [-0.25, -0.2) is 9.67 Å². The van der Waals surface area contributed by atoms with E-state index in [0.29, 0.717) is 12.0 Å². The molecule has 0 saturated heterocycles. The van der Waals surface area contributed by atoms with Gasteiger partial charge in [-0.15, -0.1) is 0 Å². The van der Waals surface area contributed by atoms with Crippen LogP contribution in [0, 0.1) is 6.92 Å². The van der Waals surface area contributed by atoms with Gasteiger partial charge >= 0.3 is 0 Å². The molecule has 1 aliphatic carbocycles. The Balaban J connectivity index is 2.18. The zero-order valence-corrected chi connectivity index (χ0v) is 13.4. The monoisotopic (exact) mass is 346 g/mol. The summed E-state index contributed by atoms with van der Waals surface area (Å²) in [5.41, 5.74) is 8.62. The van der Waals surface area contributed by atoms with Crippen LogP contribution in [0.2, 0.25) is 0 Å². The molecule has 0 aromatic carbocycles. The summed E-state index contributed by atoms with van der Waals surface area (Å²) in [7, 11) is 0. The number of hydrogen-bond donors (Lipinski definition) is 1.